The molecule has 0 spiro atoms. The van der Waals surface area contributed by atoms with E-state index in [4.69, 9.17) is 23.2 Å². The maximum atomic E-state index is 5.91. The number of hydrogen-bond acceptors (Lipinski definition) is 1. The zero-order valence-corrected chi connectivity index (χ0v) is 10.9. The van der Waals surface area contributed by atoms with E-state index in [9.17, 15) is 0 Å². The van der Waals surface area contributed by atoms with Crippen LogP contribution in [-0.2, 0) is 6.42 Å². The van der Waals surface area contributed by atoms with Crippen molar-refractivity contribution in [3.63, 3.8) is 0 Å². The van der Waals surface area contributed by atoms with Crippen LogP contribution in [0.25, 0.3) is 0 Å². The van der Waals surface area contributed by atoms with Crippen molar-refractivity contribution in [1.82, 2.24) is 10.6 Å². The summed E-state index contributed by atoms with van der Waals surface area (Å²) in [6, 6.07) is 5.56. The molecule has 16 heavy (non-hydrogen) atoms. The Labute approximate surface area is 106 Å². The van der Waals surface area contributed by atoms with Crippen LogP contribution in [0.1, 0.15) is 5.56 Å². The summed E-state index contributed by atoms with van der Waals surface area (Å²) >= 11 is 11.8. The fourth-order valence-electron chi connectivity index (χ4n) is 1.36. The molecule has 0 unspecified atom stereocenters. The van der Waals surface area contributed by atoms with Crippen molar-refractivity contribution >= 4 is 29.2 Å². The highest BCUT2D eigenvalue weighted by Gasteiger charge is 1.99. The summed E-state index contributed by atoms with van der Waals surface area (Å²) in [5, 5.41) is 7.44. The van der Waals surface area contributed by atoms with E-state index >= 15 is 0 Å². The molecule has 0 saturated heterocycles. The second-order valence-corrected chi connectivity index (χ2v) is 4.15. The van der Waals surface area contributed by atoms with Gasteiger partial charge in [-0.2, -0.15) is 0 Å². The van der Waals surface area contributed by atoms with E-state index in [0.717, 1.165) is 24.5 Å². The van der Waals surface area contributed by atoms with Gasteiger partial charge in [-0.3, -0.25) is 4.99 Å². The minimum Gasteiger partial charge on any atom is -0.359 e. The van der Waals surface area contributed by atoms with Crippen molar-refractivity contribution in [3.05, 3.63) is 33.8 Å². The number of guanidine groups is 1. The Balaban J connectivity index is 2.49. The van der Waals surface area contributed by atoms with E-state index in [-0.39, 0.29) is 0 Å². The number of nitrogens with one attached hydrogen (secondary N) is 2. The van der Waals surface area contributed by atoms with Crippen molar-refractivity contribution in [3.8, 4) is 0 Å². The highest BCUT2D eigenvalue weighted by atomic mass is 35.5. The van der Waals surface area contributed by atoms with E-state index in [1.54, 1.807) is 13.1 Å². The normalized spacial score (nSPS) is 11.4. The number of benzene rings is 1. The number of aliphatic imine (C=N–C) groups is 1. The van der Waals surface area contributed by atoms with Gasteiger partial charge in [0, 0.05) is 30.7 Å². The standard InChI is InChI=1S/C11H15Cl2N3/c1-14-11(15-2)16-4-3-8-5-9(12)7-10(13)6-8/h5-7H,3-4H2,1-2H3,(H2,14,15,16). The molecule has 0 heterocycles. The Morgan fingerprint density at radius 2 is 1.88 bits per heavy atom. The van der Waals surface area contributed by atoms with Crippen LogP contribution in [0.4, 0.5) is 0 Å². The first kappa shape index (κ1) is 13.1. The molecule has 0 fully saturated rings. The second kappa shape index (κ2) is 6.61. The minimum atomic E-state index is 0.667. The zero-order valence-electron chi connectivity index (χ0n) is 9.35. The molecule has 1 aromatic rings. The van der Waals surface area contributed by atoms with Crippen LogP contribution in [0.2, 0.25) is 10.0 Å². The summed E-state index contributed by atoms with van der Waals surface area (Å²) in [4.78, 5) is 4.02. The molecular weight excluding hydrogens is 245 g/mol. The highest BCUT2D eigenvalue weighted by Crippen LogP contribution is 2.19. The van der Waals surface area contributed by atoms with Crippen LogP contribution >= 0.6 is 23.2 Å². The molecule has 2 N–H and O–H groups in total. The summed E-state index contributed by atoms with van der Waals surface area (Å²) < 4.78 is 0. The number of rotatable bonds is 3. The predicted octanol–water partition coefficient (Wildman–Crippen LogP) is 2.33. The molecule has 88 valence electrons. The molecule has 0 aliphatic carbocycles. The summed E-state index contributed by atoms with van der Waals surface area (Å²) in [6.45, 7) is 0.782. The molecule has 0 saturated carbocycles. The molecule has 0 bridgehead atoms. The van der Waals surface area contributed by atoms with Gasteiger partial charge < -0.3 is 10.6 Å². The van der Waals surface area contributed by atoms with Crippen LogP contribution in [0.15, 0.2) is 23.2 Å². The minimum absolute atomic E-state index is 0.667. The van der Waals surface area contributed by atoms with Crippen molar-refractivity contribution in [2.45, 2.75) is 6.42 Å². The lowest BCUT2D eigenvalue weighted by atomic mass is 10.1. The van der Waals surface area contributed by atoms with E-state index in [1.807, 2.05) is 19.2 Å². The fraction of sp³-hybridized carbons (Fsp3) is 0.364. The van der Waals surface area contributed by atoms with Crippen LogP contribution in [0, 0.1) is 0 Å². The van der Waals surface area contributed by atoms with Gasteiger partial charge in [0.05, 0.1) is 0 Å². The van der Waals surface area contributed by atoms with Crippen LogP contribution < -0.4 is 10.6 Å². The molecule has 0 aromatic heterocycles. The Kier molecular flexibility index (Phi) is 5.43. The first-order chi connectivity index (χ1) is 7.65. The lowest BCUT2D eigenvalue weighted by molar-refractivity contribution is 0.834. The van der Waals surface area contributed by atoms with E-state index in [2.05, 4.69) is 15.6 Å². The molecule has 0 aliphatic rings. The number of nitrogens with zero attached hydrogens (tertiary/aromatic N) is 1. The lowest BCUT2D eigenvalue weighted by Crippen LogP contribution is -2.35. The van der Waals surface area contributed by atoms with Crippen molar-refractivity contribution in [2.75, 3.05) is 20.6 Å². The molecule has 0 atom stereocenters. The molecule has 1 rings (SSSR count). The van der Waals surface area contributed by atoms with Gasteiger partial charge in [-0.25, -0.2) is 0 Å². The Morgan fingerprint density at radius 1 is 1.25 bits per heavy atom. The third-order valence-corrected chi connectivity index (χ3v) is 2.53. The quantitative estimate of drug-likeness (QED) is 0.646. The van der Waals surface area contributed by atoms with Crippen molar-refractivity contribution in [2.24, 2.45) is 4.99 Å². The molecule has 0 aliphatic heterocycles. The first-order valence-corrected chi connectivity index (χ1v) is 5.74. The summed E-state index contributed by atoms with van der Waals surface area (Å²) in [5.74, 6) is 0.771. The van der Waals surface area contributed by atoms with E-state index in [0.29, 0.717) is 10.0 Å². The van der Waals surface area contributed by atoms with Crippen molar-refractivity contribution in [1.29, 1.82) is 0 Å². The van der Waals surface area contributed by atoms with E-state index < -0.39 is 0 Å². The van der Waals surface area contributed by atoms with Crippen LogP contribution in [0.5, 0.6) is 0 Å². The highest BCUT2D eigenvalue weighted by molar-refractivity contribution is 6.34. The van der Waals surface area contributed by atoms with Crippen molar-refractivity contribution < 1.29 is 0 Å². The number of halogens is 2. The first-order valence-electron chi connectivity index (χ1n) is 4.99. The van der Waals surface area contributed by atoms with Gasteiger partial charge >= 0.3 is 0 Å². The molecular formula is C11H15Cl2N3. The molecule has 5 heteroatoms. The summed E-state index contributed by atoms with van der Waals surface area (Å²) in [7, 11) is 3.56. The molecule has 0 radical (unpaired) electrons. The van der Waals surface area contributed by atoms with Crippen LogP contribution in [0.3, 0.4) is 0 Å². The van der Waals surface area contributed by atoms with Gasteiger partial charge in [0.25, 0.3) is 0 Å². The van der Waals surface area contributed by atoms with Gasteiger partial charge in [-0.15, -0.1) is 0 Å². The second-order valence-electron chi connectivity index (χ2n) is 3.28. The maximum Gasteiger partial charge on any atom is 0.190 e. The Morgan fingerprint density at radius 3 is 2.38 bits per heavy atom. The topological polar surface area (TPSA) is 36.4 Å². The maximum absolute atomic E-state index is 5.91. The summed E-state index contributed by atoms with van der Waals surface area (Å²) in [5.41, 5.74) is 1.11. The third-order valence-electron chi connectivity index (χ3n) is 2.09. The average Bonchev–Trinajstić information content (AvgIpc) is 2.23. The smallest absolute Gasteiger partial charge is 0.190 e. The lowest BCUT2D eigenvalue weighted by Gasteiger charge is -2.08. The number of hydrogen-bond donors (Lipinski definition) is 2. The largest absolute Gasteiger partial charge is 0.359 e. The molecule has 1 aromatic carbocycles. The van der Waals surface area contributed by atoms with Gasteiger partial charge in [0.15, 0.2) is 5.96 Å². The predicted molar refractivity (Wildman–Crippen MR) is 70.6 cm³/mol. The van der Waals surface area contributed by atoms with E-state index in [1.165, 1.54) is 0 Å². The molecule has 0 amide bonds. The van der Waals surface area contributed by atoms with Gasteiger partial charge in [0.1, 0.15) is 0 Å². The van der Waals surface area contributed by atoms with Gasteiger partial charge in [-0.1, -0.05) is 23.2 Å². The summed E-state index contributed by atoms with van der Waals surface area (Å²) in [6.07, 6.45) is 0.848. The zero-order chi connectivity index (χ0) is 12.0. The van der Waals surface area contributed by atoms with Gasteiger partial charge in [0.2, 0.25) is 0 Å². The monoisotopic (exact) mass is 259 g/mol. The Hall–Kier alpha value is -0.930. The molecule has 3 nitrogen and oxygen atoms in total. The van der Waals surface area contributed by atoms with Crippen LogP contribution in [-0.4, -0.2) is 26.6 Å². The van der Waals surface area contributed by atoms with Gasteiger partial charge in [-0.05, 0) is 30.2 Å². The average molecular weight is 260 g/mol. The fourth-order valence-corrected chi connectivity index (χ4v) is 1.93. The SMILES string of the molecule is CN=C(NC)NCCc1cc(Cl)cc(Cl)c1. The third kappa shape index (κ3) is 4.29. The Bertz CT molecular complexity index is 357.